The number of amides is 2. The molecule has 10 nitrogen and oxygen atoms in total. The van der Waals surface area contributed by atoms with E-state index in [4.69, 9.17) is 9.15 Å². The molecule has 3 atom stereocenters. The predicted molar refractivity (Wildman–Crippen MR) is 143 cm³/mol. The normalized spacial score (nSPS) is 14.4. The van der Waals surface area contributed by atoms with E-state index in [-0.39, 0.29) is 11.6 Å². The number of fused-ring (bicyclic) bond motifs is 1. The van der Waals surface area contributed by atoms with Gasteiger partial charge in [-0.1, -0.05) is 55.8 Å². The van der Waals surface area contributed by atoms with Crippen LogP contribution in [0.1, 0.15) is 58.1 Å². The second-order valence-electron chi connectivity index (χ2n) is 10.1. The minimum absolute atomic E-state index is 0.0262. The predicted octanol–water partition coefficient (Wildman–Crippen LogP) is 3.65. The van der Waals surface area contributed by atoms with Gasteiger partial charge >= 0.3 is 6.09 Å². The Balaban J connectivity index is 1.81. The van der Waals surface area contributed by atoms with Gasteiger partial charge in [0.05, 0.1) is 17.5 Å². The lowest BCUT2D eigenvalue weighted by Gasteiger charge is -2.26. The van der Waals surface area contributed by atoms with Gasteiger partial charge in [-0.3, -0.25) is 4.79 Å². The summed E-state index contributed by atoms with van der Waals surface area (Å²) in [4.78, 5) is 30.2. The van der Waals surface area contributed by atoms with Gasteiger partial charge in [0.2, 0.25) is 11.8 Å². The number of ether oxygens (including phenoxy) is 1. The molecular formula is C27H35N3O7S. The SMILES string of the molecule is CCCC(NC(=O)[C@H](CS(=O)(=O)Cc1ccccc1)NC(=O)OC(C)(C)C)C(O)c1nc2ccccc2o1. The molecule has 206 valence electrons. The number of para-hydroxylation sites is 2. The zero-order valence-corrected chi connectivity index (χ0v) is 22.8. The first-order valence-corrected chi connectivity index (χ1v) is 14.3. The van der Waals surface area contributed by atoms with Crippen molar-refractivity contribution < 1.29 is 32.3 Å². The smallest absolute Gasteiger partial charge is 0.408 e. The number of nitrogens with one attached hydrogen (secondary N) is 2. The molecule has 0 fully saturated rings. The maximum atomic E-state index is 13.4. The van der Waals surface area contributed by atoms with Gasteiger partial charge in [-0.15, -0.1) is 0 Å². The summed E-state index contributed by atoms with van der Waals surface area (Å²) < 4.78 is 36.9. The van der Waals surface area contributed by atoms with Gasteiger partial charge in [-0.05, 0) is 44.9 Å². The highest BCUT2D eigenvalue weighted by Gasteiger charge is 2.33. The average Bonchev–Trinajstić information content (AvgIpc) is 3.26. The van der Waals surface area contributed by atoms with Crippen LogP contribution in [0, 0.1) is 0 Å². The monoisotopic (exact) mass is 545 g/mol. The fourth-order valence-electron chi connectivity index (χ4n) is 3.87. The van der Waals surface area contributed by atoms with Gasteiger partial charge in [-0.2, -0.15) is 0 Å². The van der Waals surface area contributed by atoms with E-state index in [1.807, 2.05) is 6.92 Å². The number of carbonyl (C=O) groups is 2. The molecular weight excluding hydrogens is 510 g/mol. The van der Waals surface area contributed by atoms with Crippen LogP contribution in [0.25, 0.3) is 11.1 Å². The third kappa shape index (κ3) is 8.56. The first kappa shape index (κ1) is 29.1. The number of sulfone groups is 1. The summed E-state index contributed by atoms with van der Waals surface area (Å²) in [5.74, 6) is -1.72. The molecule has 38 heavy (non-hydrogen) atoms. The summed E-state index contributed by atoms with van der Waals surface area (Å²) in [6, 6.07) is 13.2. The fourth-order valence-corrected chi connectivity index (χ4v) is 5.43. The summed E-state index contributed by atoms with van der Waals surface area (Å²) in [5.41, 5.74) is 0.737. The van der Waals surface area contributed by atoms with E-state index in [2.05, 4.69) is 15.6 Å². The molecule has 0 spiro atoms. The Kier molecular flexibility index (Phi) is 9.50. The second kappa shape index (κ2) is 12.4. The number of aromatic nitrogens is 1. The third-order valence-electron chi connectivity index (χ3n) is 5.53. The minimum Gasteiger partial charge on any atom is -0.444 e. The van der Waals surface area contributed by atoms with Crippen molar-refractivity contribution in [3.63, 3.8) is 0 Å². The van der Waals surface area contributed by atoms with Crippen molar-refractivity contribution in [3.8, 4) is 0 Å². The lowest BCUT2D eigenvalue weighted by Crippen LogP contribution is -2.54. The van der Waals surface area contributed by atoms with E-state index in [1.54, 1.807) is 75.4 Å². The summed E-state index contributed by atoms with van der Waals surface area (Å²) in [7, 11) is -3.83. The number of nitrogens with zero attached hydrogens (tertiary/aromatic N) is 1. The number of oxazole rings is 1. The van der Waals surface area contributed by atoms with Crippen molar-refractivity contribution in [1.82, 2.24) is 15.6 Å². The highest BCUT2D eigenvalue weighted by atomic mass is 32.2. The molecule has 2 aromatic carbocycles. The quantitative estimate of drug-likeness (QED) is 0.331. The molecule has 0 bridgehead atoms. The van der Waals surface area contributed by atoms with Crippen LogP contribution >= 0.6 is 0 Å². The molecule has 1 aromatic heterocycles. The molecule has 3 aromatic rings. The Morgan fingerprint density at radius 3 is 2.34 bits per heavy atom. The number of hydrogen-bond acceptors (Lipinski definition) is 8. The number of carbonyl (C=O) groups excluding carboxylic acids is 2. The third-order valence-corrected chi connectivity index (χ3v) is 7.14. The largest absolute Gasteiger partial charge is 0.444 e. The molecule has 0 aliphatic rings. The molecule has 0 radical (unpaired) electrons. The summed E-state index contributed by atoms with van der Waals surface area (Å²) in [6.45, 7) is 6.84. The molecule has 0 aliphatic heterocycles. The van der Waals surface area contributed by atoms with Crippen molar-refractivity contribution in [2.24, 2.45) is 0 Å². The van der Waals surface area contributed by atoms with Crippen LogP contribution in [0.4, 0.5) is 4.79 Å². The standard InChI is InChI=1S/C27H35N3O7S/c1-5-11-20(23(31)25-29-19-14-9-10-15-22(19)36-25)28-24(32)21(30-26(33)37-27(2,3)4)17-38(34,35)16-18-12-7-6-8-13-18/h6-10,12-15,20-21,23,31H,5,11,16-17H2,1-4H3,(H,28,32)(H,30,33)/t20?,21-,23?/m0/s1. The Labute approximate surface area is 222 Å². The van der Waals surface area contributed by atoms with Crippen LogP contribution in [0.15, 0.2) is 59.0 Å². The van der Waals surface area contributed by atoms with Crippen LogP contribution in [0.3, 0.4) is 0 Å². The van der Waals surface area contributed by atoms with Crippen LogP contribution in [0.2, 0.25) is 0 Å². The summed E-state index contributed by atoms with van der Waals surface area (Å²) >= 11 is 0. The number of benzene rings is 2. The summed E-state index contributed by atoms with van der Waals surface area (Å²) in [5, 5.41) is 16.1. The van der Waals surface area contributed by atoms with Crippen LogP contribution in [-0.4, -0.2) is 53.9 Å². The highest BCUT2D eigenvalue weighted by molar-refractivity contribution is 7.90. The highest BCUT2D eigenvalue weighted by Crippen LogP contribution is 2.24. The van der Waals surface area contributed by atoms with E-state index >= 15 is 0 Å². The van der Waals surface area contributed by atoms with Crippen LogP contribution in [0.5, 0.6) is 0 Å². The molecule has 0 aliphatic carbocycles. The average molecular weight is 546 g/mol. The Morgan fingerprint density at radius 1 is 1.05 bits per heavy atom. The van der Waals surface area contributed by atoms with E-state index in [9.17, 15) is 23.1 Å². The lowest BCUT2D eigenvalue weighted by atomic mass is 10.0. The van der Waals surface area contributed by atoms with Gasteiger partial charge in [0.25, 0.3) is 0 Å². The van der Waals surface area contributed by atoms with E-state index in [0.29, 0.717) is 29.5 Å². The number of aliphatic hydroxyl groups is 1. The number of alkyl carbamates (subject to hydrolysis) is 1. The number of aliphatic hydroxyl groups excluding tert-OH is 1. The van der Waals surface area contributed by atoms with Crippen molar-refractivity contribution in [1.29, 1.82) is 0 Å². The van der Waals surface area contributed by atoms with E-state index in [0.717, 1.165) is 0 Å². The second-order valence-corrected chi connectivity index (χ2v) is 12.2. The molecule has 1 heterocycles. The Hall–Kier alpha value is -3.44. The minimum atomic E-state index is -3.83. The molecule has 11 heteroatoms. The Bertz CT molecular complexity index is 1300. The molecule has 2 amide bonds. The van der Waals surface area contributed by atoms with Crippen molar-refractivity contribution in [3.05, 3.63) is 66.1 Å². The maximum absolute atomic E-state index is 13.4. The first-order chi connectivity index (χ1) is 17.9. The van der Waals surface area contributed by atoms with Gasteiger partial charge in [0.1, 0.15) is 17.2 Å². The first-order valence-electron chi connectivity index (χ1n) is 12.4. The molecule has 2 unspecified atom stereocenters. The molecule has 3 rings (SSSR count). The van der Waals surface area contributed by atoms with Gasteiger partial charge in [0, 0.05) is 0 Å². The number of hydrogen-bond donors (Lipinski definition) is 3. The van der Waals surface area contributed by atoms with Crippen molar-refractivity contribution in [2.45, 2.75) is 70.1 Å². The van der Waals surface area contributed by atoms with Crippen LogP contribution < -0.4 is 10.6 Å². The zero-order chi connectivity index (χ0) is 27.9. The van der Waals surface area contributed by atoms with Crippen LogP contribution in [-0.2, 0) is 25.1 Å². The zero-order valence-electron chi connectivity index (χ0n) is 22.0. The van der Waals surface area contributed by atoms with E-state index in [1.165, 1.54) is 0 Å². The van der Waals surface area contributed by atoms with Gasteiger partial charge in [-0.25, -0.2) is 18.2 Å². The van der Waals surface area contributed by atoms with Gasteiger partial charge < -0.3 is 24.9 Å². The maximum Gasteiger partial charge on any atom is 0.408 e. The molecule has 0 saturated heterocycles. The topological polar surface area (TPSA) is 148 Å². The Morgan fingerprint density at radius 2 is 1.71 bits per heavy atom. The summed E-state index contributed by atoms with van der Waals surface area (Å²) in [6.07, 6.45) is -1.28. The van der Waals surface area contributed by atoms with Crippen molar-refractivity contribution in [2.75, 3.05) is 5.75 Å². The molecule has 3 N–H and O–H groups in total. The number of rotatable bonds is 11. The molecule has 0 saturated carbocycles. The van der Waals surface area contributed by atoms with Gasteiger partial charge in [0.15, 0.2) is 21.5 Å². The van der Waals surface area contributed by atoms with E-state index < -0.39 is 51.4 Å². The lowest BCUT2D eigenvalue weighted by molar-refractivity contribution is -0.124. The van der Waals surface area contributed by atoms with Crippen molar-refractivity contribution >= 4 is 32.9 Å². The fraction of sp³-hybridized carbons (Fsp3) is 0.444.